The number of aromatic nitrogens is 4. The molecule has 2 aromatic carbocycles. The SMILES string of the molecule is O=S(=O)(O)c1cc2c(s1)-c1c(c(/C=C/CCC/C=C/c3nn(-c4ccc(Cl)cc4Cl)c4c3Cc3ccsc3-4)nn1-c1ccc(Cl)cc1Cl)C2. The third kappa shape index (κ3) is 6.02. The molecule has 0 spiro atoms. The van der Waals surface area contributed by atoms with Crippen LogP contribution in [0.15, 0.2) is 70.3 Å². The first-order chi connectivity index (χ1) is 23.6. The van der Waals surface area contributed by atoms with Crippen molar-refractivity contribution >= 4 is 91.3 Å². The Balaban J connectivity index is 1.01. The molecule has 49 heavy (non-hydrogen) atoms. The summed E-state index contributed by atoms with van der Waals surface area (Å²) in [4.78, 5) is 1.97. The van der Waals surface area contributed by atoms with Gasteiger partial charge in [0.1, 0.15) is 4.21 Å². The molecule has 7 nitrogen and oxygen atoms in total. The highest BCUT2D eigenvalue weighted by atomic mass is 35.5. The molecule has 0 fully saturated rings. The highest BCUT2D eigenvalue weighted by molar-refractivity contribution is 7.88. The molecule has 0 amide bonds. The monoisotopic (exact) mass is 784 g/mol. The maximum absolute atomic E-state index is 11.9. The molecule has 8 rings (SSSR count). The lowest BCUT2D eigenvalue weighted by Gasteiger charge is -2.08. The lowest BCUT2D eigenvalue weighted by molar-refractivity contribution is 0.485. The van der Waals surface area contributed by atoms with Gasteiger partial charge in [0.05, 0.1) is 54.0 Å². The van der Waals surface area contributed by atoms with Crippen LogP contribution >= 0.6 is 69.1 Å². The van der Waals surface area contributed by atoms with Crippen molar-refractivity contribution in [1.29, 1.82) is 0 Å². The summed E-state index contributed by atoms with van der Waals surface area (Å²) in [5, 5.41) is 14.0. The molecular formula is C35H24Cl4N4O3S3. The predicted molar refractivity (Wildman–Crippen MR) is 201 cm³/mol. The van der Waals surface area contributed by atoms with Gasteiger partial charge in [0.15, 0.2) is 0 Å². The van der Waals surface area contributed by atoms with Crippen LogP contribution in [0.3, 0.4) is 0 Å². The number of thiophene rings is 2. The molecule has 2 aliphatic carbocycles. The fourth-order valence-electron chi connectivity index (χ4n) is 6.34. The van der Waals surface area contributed by atoms with E-state index in [0.717, 1.165) is 81.5 Å². The Kier molecular flexibility index (Phi) is 8.65. The van der Waals surface area contributed by atoms with Crippen molar-refractivity contribution in [2.75, 3.05) is 0 Å². The van der Waals surface area contributed by atoms with E-state index in [-0.39, 0.29) is 4.21 Å². The minimum Gasteiger partial charge on any atom is -0.281 e. The van der Waals surface area contributed by atoms with Gasteiger partial charge in [-0.3, -0.25) is 4.55 Å². The topological polar surface area (TPSA) is 90.0 Å². The lowest BCUT2D eigenvalue weighted by atomic mass is 10.1. The standard InChI is InChI=1S/C35H24Cl4N4O3S3/c36-21-8-10-29(25(38)17-21)42-32-23(14-19-12-13-47-34(19)32)27(40-42)6-4-2-1-3-5-7-28-24-15-20-16-31(49(44,45)46)48-35(20)33(24)43(41-28)30-11-9-22(37)18-26(30)39/h4-13,16-18H,1-3,14-15H2,(H,44,45,46)/b6-4+,7-5+. The van der Waals surface area contributed by atoms with Crippen molar-refractivity contribution in [2.45, 2.75) is 36.3 Å². The Morgan fingerprint density at radius 1 is 0.755 bits per heavy atom. The second kappa shape index (κ2) is 12.9. The lowest BCUT2D eigenvalue weighted by Crippen LogP contribution is -1.99. The van der Waals surface area contributed by atoms with Gasteiger partial charge in [-0.05, 0) is 96.5 Å². The molecule has 14 heteroatoms. The normalized spacial score (nSPS) is 13.5. The second-order valence-corrected chi connectivity index (χ2v) is 17.0. The molecule has 4 aromatic heterocycles. The van der Waals surface area contributed by atoms with Crippen molar-refractivity contribution in [3.63, 3.8) is 0 Å². The summed E-state index contributed by atoms with van der Waals surface area (Å²) >= 11 is 28.2. The average Bonchev–Trinajstić information content (AvgIpc) is 3.86. The van der Waals surface area contributed by atoms with Crippen LogP contribution in [-0.2, 0) is 23.0 Å². The van der Waals surface area contributed by atoms with Crippen molar-refractivity contribution in [2.24, 2.45) is 0 Å². The predicted octanol–water partition coefficient (Wildman–Crippen LogP) is 11.1. The maximum Gasteiger partial charge on any atom is 0.304 e. The summed E-state index contributed by atoms with van der Waals surface area (Å²) in [6, 6.07) is 14.3. The molecule has 4 heterocycles. The summed E-state index contributed by atoms with van der Waals surface area (Å²) < 4.78 is 37.0. The van der Waals surface area contributed by atoms with E-state index in [9.17, 15) is 13.0 Å². The third-order valence-corrected chi connectivity index (χ3v) is 13.1. The molecule has 0 aliphatic heterocycles. The molecule has 0 saturated heterocycles. The Morgan fingerprint density at radius 3 is 1.86 bits per heavy atom. The molecule has 6 aromatic rings. The van der Waals surface area contributed by atoms with Crippen LogP contribution in [0.5, 0.6) is 0 Å². The molecule has 0 radical (unpaired) electrons. The quantitative estimate of drug-likeness (QED) is 0.116. The summed E-state index contributed by atoms with van der Waals surface area (Å²) in [6.07, 6.45) is 12.3. The maximum atomic E-state index is 11.9. The van der Waals surface area contributed by atoms with Crippen LogP contribution in [0.4, 0.5) is 0 Å². The van der Waals surface area contributed by atoms with Gasteiger partial charge in [-0.2, -0.15) is 18.6 Å². The van der Waals surface area contributed by atoms with Crippen molar-refractivity contribution in [1.82, 2.24) is 19.6 Å². The zero-order valence-corrected chi connectivity index (χ0v) is 30.8. The van der Waals surface area contributed by atoms with E-state index in [2.05, 4.69) is 29.7 Å². The van der Waals surface area contributed by atoms with Gasteiger partial charge in [0.25, 0.3) is 0 Å². The van der Waals surface area contributed by atoms with Crippen molar-refractivity contribution in [3.05, 3.63) is 120 Å². The number of nitrogens with zero attached hydrogens (tertiary/aromatic N) is 4. The van der Waals surface area contributed by atoms with E-state index < -0.39 is 10.1 Å². The number of hydrogen-bond acceptors (Lipinski definition) is 6. The van der Waals surface area contributed by atoms with E-state index in [4.69, 9.17) is 56.6 Å². The smallest absolute Gasteiger partial charge is 0.281 e. The summed E-state index contributed by atoms with van der Waals surface area (Å²) in [5.74, 6) is 0. The average molecular weight is 787 g/mol. The molecule has 248 valence electrons. The first-order valence-electron chi connectivity index (χ1n) is 15.2. The van der Waals surface area contributed by atoms with Crippen LogP contribution < -0.4 is 0 Å². The second-order valence-electron chi connectivity index (χ2n) is 11.7. The van der Waals surface area contributed by atoms with Gasteiger partial charge in [0, 0.05) is 34.0 Å². The zero-order chi connectivity index (χ0) is 34.0. The highest BCUT2D eigenvalue weighted by Gasteiger charge is 2.33. The van der Waals surface area contributed by atoms with E-state index in [1.165, 1.54) is 22.1 Å². The van der Waals surface area contributed by atoms with Gasteiger partial charge in [-0.15, -0.1) is 22.7 Å². The number of unbranched alkanes of at least 4 members (excludes halogenated alkanes) is 2. The number of benzene rings is 2. The fourth-order valence-corrected chi connectivity index (χ4v) is 10.2. The largest absolute Gasteiger partial charge is 0.304 e. The molecule has 1 N–H and O–H groups in total. The van der Waals surface area contributed by atoms with Crippen LogP contribution in [-0.4, -0.2) is 32.5 Å². The first-order valence-corrected chi connectivity index (χ1v) is 19.9. The van der Waals surface area contributed by atoms with Crippen LogP contribution in [0.25, 0.3) is 44.7 Å². The number of halogens is 4. The van der Waals surface area contributed by atoms with Gasteiger partial charge in [0.2, 0.25) is 0 Å². The molecule has 0 saturated carbocycles. The minimum absolute atomic E-state index is 0.0927. The molecule has 0 bridgehead atoms. The Morgan fingerprint density at radius 2 is 1.31 bits per heavy atom. The van der Waals surface area contributed by atoms with Gasteiger partial charge in [-0.1, -0.05) is 58.6 Å². The number of fused-ring (bicyclic) bond motifs is 6. The Hall–Kier alpha value is -3.19. The number of rotatable bonds is 9. The zero-order valence-electron chi connectivity index (χ0n) is 25.3. The van der Waals surface area contributed by atoms with Gasteiger partial charge < -0.3 is 0 Å². The fraction of sp³-hybridized carbons (Fsp3) is 0.143. The van der Waals surface area contributed by atoms with E-state index >= 15 is 0 Å². The number of allylic oxidation sites excluding steroid dienone is 2. The third-order valence-electron chi connectivity index (χ3n) is 8.55. The van der Waals surface area contributed by atoms with Crippen LogP contribution in [0, 0.1) is 0 Å². The van der Waals surface area contributed by atoms with Crippen LogP contribution in [0.1, 0.15) is 52.9 Å². The van der Waals surface area contributed by atoms with E-state index in [1.54, 1.807) is 40.3 Å². The first kappa shape index (κ1) is 33.0. The van der Waals surface area contributed by atoms with Crippen molar-refractivity contribution in [3.8, 4) is 32.5 Å². The Bertz CT molecular complexity index is 2470. The highest BCUT2D eigenvalue weighted by Crippen LogP contribution is 2.47. The molecule has 0 atom stereocenters. The van der Waals surface area contributed by atoms with E-state index in [0.29, 0.717) is 32.2 Å². The van der Waals surface area contributed by atoms with E-state index in [1.807, 2.05) is 22.9 Å². The molecule has 0 unspecified atom stereocenters. The molecule has 2 aliphatic rings. The van der Waals surface area contributed by atoms with Crippen LogP contribution in [0.2, 0.25) is 20.1 Å². The summed E-state index contributed by atoms with van der Waals surface area (Å²) in [5.41, 5.74) is 9.31. The van der Waals surface area contributed by atoms with Gasteiger partial charge in [-0.25, -0.2) is 9.36 Å². The van der Waals surface area contributed by atoms with Crippen molar-refractivity contribution < 1.29 is 13.0 Å². The summed E-state index contributed by atoms with van der Waals surface area (Å²) in [6.45, 7) is 0. The van der Waals surface area contributed by atoms with Gasteiger partial charge >= 0.3 is 10.1 Å². The minimum atomic E-state index is -4.33. The summed E-state index contributed by atoms with van der Waals surface area (Å²) in [7, 11) is -4.33. The Labute approximate surface area is 310 Å². The number of hydrogen-bond donors (Lipinski definition) is 1. The molecular weight excluding hydrogens is 762 g/mol.